The molecule has 0 bridgehead atoms. The van der Waals surface area contributed by atoms with E-state index in [0.29, 0.717) is 18.2 Å². The van der Waals surface area contributed by atoms with Gasteiger partial charge in [0.2, 0.25) is 0 Å². The van der Waals surface area contributed by atoms with E-state index in [4.69, 9.17) is 9.47 Å². The van der Waals surface area contributed by atoms with Gasteiger partial charge in [-0.3, -0.25) is 5.32 Å². The topological polar surface area (TPSA) is 30.5 Å². The Balaban J connectivity index is 1.83. The van der Waals surface area contributed by atoms with E-state index in [0.717, 1.165) is 32.6 Å². The van der Waals surface area contributed by atoms with Crippen LogP contribution in [0.2, 0.25) is 0 Å². The van der Waals surface area contributed by atoms with Crippen LogP contribution in [0.5, 0.6) is 0 Å². The van der Waals surface area contributed by atoms with Crippen molar-refractivity contribution >= 4 is 0 Å². The molecule has 0 aromatic heterocycles. The molecule has 2 aliphatic rings. The zero-order chi connectivity index (χ0) is 8.39. The summed E-state index contributed by atoms with van der Waals surface area (Å²) in [5.74, 6) is 0.670. The Kier molecular flexibility index (Phi) is 2.63. The lowest BCUT2D eigenvalue weighted by atomic mass is 9.99. The molecule has 0 aliphatic carbocycles. The van der Waals surface area contributed by atoms with Gasteiger partial charge in [-0.1, -0.05) is 0 Å². The Labute approximate surface area is 73.4 Å². The zero-order valence-corrected chi connectivity index (χ0v) is 7.58. The van der Waals surface area contributed by atoms with E-state index in [-0.39, 0.29) is 0 Å². The van der Waals surface area contributed by atoms with Crippen LogP contribution in [-0.2, 0) is 9.47 Å². The molecule has 3 heteroatoms. The molecule has 0 spiro atoms. The van der Waals surface area contributed by atoms with Gasteiger partial charge in [0.1, 0.15) is 6.23 Å². The van der Waals surface area contributed by atoms with Gasteiger partial charge in [-0.05, 0) is 19.8 Å². The molecule has 2 atom stereocenters. The van der Waals surface area contributed by atoms with Crippen molar-refractivity contribution in [1.29, 1.82) is 0 Å². The van der Waals surface area contributed by atoms with Gasteiger partial charge >= 0.3 is 0 Å². The number of rotatable bonds is 1. The first-order chi connectivity index (χ1) is 5.86. The summed E-state index contributed by atoms with van der Waals surface area (Å²) in [5, 5.41) is 3.40. The first kappa shape index (κ1) is 8.48. The Hall–Kier alpha value is -0.120. The SMILES string of the molecule is CC1CNC(C2CCOCC2)O1. The van der Waals surface area contributed by atoms with Gasteiger partial charge in [-0.15, -0.1) is 0 Å². The maximum absolute atomic E-state index is 5.73. The highest BCUT2D eigenvalue weighted by Gasteiger charge is 2.29. The molecule has 0 aromatic carbocycles. The molecule has 1 N–H and O–H groups in total. The van der Waals surface area contributed by atoms with Gasteiger partial charge in [0.25, 0.3) is 0 Å². The van der Waals surface area contributed by atoms with Gasteiger partial charge in [-0.25, -0.2) is 0 Å². The predicted molar refractivity (Wildman–Crippen MR) is 45.9 cm³/mol. The van der Waals surface area contributed by atoms with E-state index in [1.54, 1.807) is 0 Å². The average molecular weight is 171 g/mol. The van der Waals surface area contributed by atoms with Gasteiger partial charge in [0.15, 0.2) is 0 Å². The monoisotopic (exact) mass is 171 g/mol. The van der Waals surface area contributed by atoms with Gasteiger partial charge < -0.3 is 9.47 Å². The third-order valence-electron chi connectivity index (χ3n) is 2.68. The van der Waals surface area contributed by atoms with E-state index in [1.807, 2.05) is 0 Å². The van der Waals surface area contributed by atoms with Crippen molar-refractivity contribution in [2.45, 2.75) is 32.1 Å². The lowest BCUT2D eigenvalue weighted by molar-refractivity contribution is -0.0322. The Bertz CT molecular complexity index is 143. The van der Waals surface area contributed by atoms with Crippen LogP contribution < -0.4 is 5.32 Å². The van der Waals surface area contributed by atoms with Crippen molar-refractivity contribution < 1.29 is 9.47 Å². The van der Waals surface area contributed by atoms with E-state index >= 15 is 0 Å². The normalized spacial score (nSPS) is 38.8. The van der Waals surface area contributed by atoms with Crippen LogP contribution >= 0.6 is 0 Å². The fraction of sp³-hybridized carbons (Fsp3) is 1.00. The number of hydrogen-bond donors (Lipinski definition) is 1. The fourth-order valence-corrected chi connectivity index (χ4v) is 1.92. The molecule has 0 amide bonds. The van der Waals surface area contributed by atoms with Gasteiger partial charge in [-0.2, -0.15) is 0 Å². The van der Waals surface area contributed by atoms with E-state index in [1.165, 1.54) is 0 Å². The molecule has 2 fully saturated rings. The summed E-state index contributed by atoms with van der Waals surface area (Å²) >= 11 is 0. The number of nitrogens with one attached hydrogen (secondary N) is 1. The lowest BCUT2D eigenvalue weighted by Gasteiger charge is -2.26. The highest BCUT2D eigenvalue weighted by molar-refractivity contribution is 4.78. The quantitative estimate of drug-likeness (QED) is 0.631. The molecular formula is C9H17NO2. The second-order valence-corrected chi connectivity index (χ2v) is 3.73. The molecule has 2 aliphatic heterocycles. The van der Waals surface area contributed by atoms with E-state index < -0.39 is 0 Å². The van der Waals surface area contributed by atoms with Crippen molar-refractivity contribution in [3.63, 3.8) is 0 Å². The van der Waals surface area contributed by atoms with Crippen molar-refractivity contribution in [2.75, 3.05) is 19.8 Å². The maximum Gasteiger partial charge on any atom is 0.111 e. The largest absolute Gasteiger partial charge is 0.381 e. The minimum Gasteiger partial charge on any atom is -0.381 e. The second kappa shape index (κ2) is 3.73. The van der Waals surface area contributed by atoms with Crippen LogP contribution in [0.3, 0.4) is 0 Å². The smallest absolute Gasteiger partial charge is 0.111 e. The maximum atomic E-state index is 5.73. The van der Waals surface area contributed by atoms with Crippen LogP contribution in [0.15, 0.2) is 0 Å². The average Bonchev–Trinajstić information content (AvgIpc) is 2.54. The molecule has 2 unspecified atom stereocenters. The molecule has 2 rings (SSSR count). The number of ether oxygens (including phenoxy) is 2. The zero-order valence-electron chi connectivity index (χ0n) is 7.58. The minimum absolute atomic E-state index is 0.295. The molecule has 2 heterocycles. The standard InChI is InChI=1S/C9H17NO2/c1-7-6-10-9(12-7)8-2-4-11-5-3-8/h7-10H,2-6H2,1H3. The predicted octanol–water partition coefficient (Wildman–Crippen LogP) is 0.747. The van der Waals surface area contributed by atoms with E-state index in [2.05, 4.69) is 12.2 Å². The van der Waals surface area contributed by atoms with Crippen LogP contribution in [-0.4, -0.2) is 32.1 Å². The molecule has 0 aromatic rings. The van der Waals surface area contributed by atoms with Crippen LogP contribution in [0.25, 0.3) is 0 Å². The van der Waals surface area contributed by atoms with Gasteiger partial charge in [0, 0.05) is 25.7 Å². The van der Waals surface area contributed by atoms with Crippen molar-refractivity contribution in [3.8, 4) is 0 Å². The summed E-state index contributed by atoms with van der Waals surface area (Å²) < 4.78 is 11.0. The third-order valence-corrected chi connectivity index (χ3v) is 2.68. The number of hydrogen-bond acceptors (Lipinski definition) is 3. The molecule has 12 heavy (non-hydrogen) atoms. The third kappa shape index (κ3) is 1.79. The summed E-state index contributed by atoms with van der Waals surface area (Å²) in [7, 11) is 0. The molecule has 2 saturated heterocycles. The Morgan fingerprint density at radius 3 is 2.58 bits per heavy atom. The Morgan fingerprint density at radius 1 is 1.25 bits per heavy atom. The highest BCUT2D eigenvalue weighted by atomic mass is 16.5. The van der Waals surface area contributed by atoms with Gasteiger partial charge in [0.05, 0.1) is 6.10 Å². The first-order valence-electron chi connectivity index (χ1n) is 4.83. The summed E-state index contributed by atoms with van der Waals surface area (Å²) in [4.78, 5) is 0. The fourth-order valence-electron chi connectivity index (χ4n) is 1.92. The highest BCUT2D eigenvalue weighted by Crippen LogP contribution is 2.22. The second-order valence-electron chi connectivity index (χ2n) is 3.73. The Morgan fingerprint density at radius 2 is 2.00 bits per heavy atom. The molecule has 0 saturated carbocycles. The molecule has 70 valence electrons. The van der Waals surface area contributed by atoms with Crippen LogP contribution in [0, 0.1) is 5.92 Å². The van der Waals surface area contributed by atoms with Crippen LogP contribution in [0.1, 0.15) is 19.8 Å². The minimum atomic E-state index is 0.295. The van der Waals surface area contributed by atoms with E-state index in [9.17, 15) is 0 Å². The molecular weight excluding hydrogens is 154 g/mol. The van der Waals surface area contributed by atoms with Crippen molar-refractivity contribution in [1.82, 2.24) is 5.32 Å². The summed E-state index contributed by atoms with van der Waals surface area (Å²) in [6.45, 7) is 4.93. The summed E-state index contributed by atoms with van der Waals surface area (Å²) in [5.41, 5.74) is 0. The van der Waals surface area contributed by atoms with Crippen molar-refractivity contribution in [2.24, 2.45) is 5.92 Å². The molecule has 0 radical (unpaired) electrons. The first-order valence-corrected chi connectivity index (χ1v) is 4.83. The summed E-state index contributed by atoms with van der Waals surface area (Å²) in [6.07, 6.45) is 2.97. The molecule has 3 nitrogen and oxygen atoms in total. The van der Waals surface area contributed by atoms with Crippen LogP contribution in [0.4, 0.5) is 0 Å². The lowest BCUT2D eigenvalue weighted by Crippen LogP contribution is -2.35. The van der Waals surface area contributed by atoms with Crippen molar-refractivity contribution in [3.05, 3.63) is 0 Å². The summed E-state index contributed by atoms with van der Waals surface area (Å²) in [6, 6.07) is 0.